The van der Waals surface area contributed by atoms with Crippen molar-refractivity contribution in [3.63, 3.8) is 0 Å². The fourth-order valence-corrected chi connectivity index (χ4v) is 4.85. The normalized spacial score (nSPS) is 13.7. The van der Waals surface area contributed by atoms with Crippen LogP contribution in [0, 0.1) is 0 Å². The first-order chi connectivity index (χ1) is 18.4. The Labute approximate surface area is 225 Å². The Hall–Kier alpha value is -3.98. The van der Waals surface area contributed by atoms with Crippen LogP contribution in [0.1, 0.15) is 35.3 Å². The molecule has 1 N–H and O–H groups in total. The van der Waals surface area contributed by atoms with Gasteiger partial charge in [0.05, 0.1) is 34.3 Å². The second-order valence-electron chi connectivity index (χ2n) is 9.48. The van der Waals surface area contributed by atoms with Crippen LogP contribution in [0.2, 0.25) is 5.02 Å². The molecule has 5 rings (SSSR count). The van der Waals surface area contributed by atoms with Crippen LogP contribution < -0.4 is 4.90 Å². The molecule has 1 saturated heterocycles. The van der Waals surface area contributed by atoms with Gasteiger partial charge in [0, 0.05) is 62.0 Å². The van der Waals surface area contributed by atoms with Crippen molar-refractivity contribution in [2.24, 2.45) is 7.05 Å². The summed E-state index contributed by atoms with van der Waals surface area (Å²) in [6.07, 6.45) is 5.76. The second kappa shape index (κ2) is 11.2. The largest absolute Gasteiger partial charge is 0.481 e. The number of aryl methyl sites for hydroxylation is 2. The molecular formula is C28H29ClN6O3. The van der Waals surface area contributed by atoms with Crippen LogP contribution in [0.15, 0.2) is 54.9 Å². The highest BCUT2D eigenvalue weighted by Crippen LogP contribution is 2.27. The van der Waals surface area contributed by atoms with Crippen molar-refractivity contribution in [3.05, 3.63) is 71.1 Å². The van der Waals surface area contributed by atoms with E-state index in [1.807, 2.05) is 66.8 Å². The van der Waals surface area contributed by atoms with Crippen LogP contribution in [-0.2, 0) is 18.3 Å². The van der Waals surface area contributed by atoms with Crippen molar-refractivity contribution >= 4 is 40.2 Å². The number of hydrogen-bond donors (Lipinski definition) is 1. The SMILES string of the molecule is Cn1cc(N2CCN(C(=O)c3ccc4nc(-c5ccc(Cl)cc5)c(CCCCC(=O)O)nc4c3)CC2)cn1. The predicted octanol–water partition coefficient (Wildman–Crippen LogP) is 4.44. The summed E-state index contributed by atoms with van der Waals surface area (Å²) >= 11 is 6.08. The Bertz CT molecular complexity index is 1460. The van der Waals surface area contributed by atoms with Crippen LogP contribution in [0.3, 0.4) is 0 Å². The number of aromatic nitrogens is 4. The highest BCUT2D eigenvalue weighted by Gasteiger charge is 2.23. The molecule has 0 spiro atoms. The summed E-state index contributed by atoms with van der Waals surface area (Å²) in [7, 11) is 1.89. The summed E-state index contributed by atoms with van der Waals surface area (Å²) in [6, 6.07) is 12.9. The highest BCUT2D eigenvalue weighted by atomic mass is 35.5. The minimum atomic E-state index is -0.808. The van der Waals surface area contributed by atoms with Gasteiger partial charge in [0.2, 0.25) is 0 Å². The van der Waals surface area contributed by atoms with Crippen molar-refractivity contribution in [2.45, 2.75) is 25.7 Å². The number of anilines is 1. The van der Waals surface area contributed by atoms with E-state index in [1.165, 1.54) is 0 Å². The number of halogens is 1. The number of piperazine rings is 1. The van der Waals surface area contributed by atoms with Crippen molar-refractivity contribution in [1.29, 1.82) is 0 Å². The topological polar surface area (TPSA) is 104 Å². The van der Waals surface area contributed by atoms with Crippen molar-refractivity contribution in [2.75, 3.05) is 31.1 Å². The predicted molar refractivity (Wildman–Crippen MR) is 146 cm³/mol. The number of carbonyl (C=O) groups excluding carboxylic acids is 1. The summed E-state index contributed by atoms with van der Waals surface area (Å²) in [4.78, 5) is 38.2. The molecule has 1 aliphatic heterocycles. The van der Waals surface area contributed by atoms with Gasteiger partial charge in [-0.1, -0.05) is 23.7 Å². The Kier molecular flexibility index (Phi) is 7.55. The van der Waals surface area contributed by atoms with E-state index < -0.39 is 5.97 Å². The van der Waals surface area contributed by atoms with Gasteiger partial charge in [-0.05, 0) is 49.6 Å². The van der Waals surface area contributed by atoms with E-state index in [-0.39, 0.29) is 12.3 Å². The van der Waals surface area contributed by atoms with Gasteiger partial charge in [0.1, 0.15) is 0 Å². The van der Waals surface area contributed by atoms with Crippen LogP contribution in [0.4, 0.5) is 5.69 Å². The minimum Gasteiger partial charge on any atom is -0.481 e. The second-order valence-corrected chi connectivity index (χ2v) is 9.92. The third-order valence-corrected chi connectivity index (χ3v) is 7.03. The number of hydrogen-bond acceptors (Lipinski definition) is 6. The van der Waals surface area contributed by atoms with E-state index >= 15 is 0 Å². The molecule has 2 aromatic heterocycles. The van der Waals surface area contributed by atoms with Gasteiger partial charge >= 0.3 is 5.97 Å². The van der Waals surface area contributed by atoms with Gasteiger partial charge in [-0.25, -0.2) is 9.97 Å². The number of carboxylic acid groups (broad SMARTS) is 1. The zero-order chi connectivity index (χ0) is 26.6. The molecule has 1 fully saturated rings. The average molecular weight is 533 g/mol. The van der Waals surface area contributed by atoms with Crippen molar-refractivity contribution < 1.29 is 14.7 Å². The van der Waals surface area contributed by atoms with Gasteiger partial charge in [0.25, 0.3) is 5.91 Å². The maximum Gasteiger partial charge on any atom is 0.303 e. The zero-order valence-electron chi connectivity index (χ0n) is 21.2. The van der Waals surface area contributed by atoms with Crippen LogP contribution >= 0.6 is 11.6 Å². The van der Waals surface area contributed by atoms with Gasteiger partial charge < -0.3 is 14.9 Å². The molecule has 4 aromatic rings. The van der Waals surface area contributed by atoms with Gasteiger partial charge in [-0.3, -0.25) is 14.3 Å². The number of amides is 1. The minimum absolute atomic E-state index is 0.0238. The molecule has 2 aromatic carbocycles. The van der Waals surface area contributed by atoms with Crippen molar-refractivity contribution in [3.8, 4) is 11.3 Å². The molecule has 0 saturated carbocycles. The van der Waals surface area contributed by atoms with Gasteiger partial charge in [-0.2, -0.15) is 5.10 Å². The molecule has 0 unspecified atom stereocenters. The van der Waals surface area contributed by atoms with E-state index in [1.54, 1.807) is 4.68 Å². The fourth-order valence-electron chi connectivity index (χ4n) is 4.73. The van der Waals surface area contributed by atoms with Gasteiger partial charge in [0.15, 0.2) is 0 Å². The Balaban J connectivity index is 1.37. The lowest BCUT2D eigenvalue weighted by atomic mass is 10.0. The smallest absolute Gasteiger partial charge is 0.303 e. The molecule has 0 atom stereocenters. The lowest BCUT2D eigenvalue weighted by Gasteiger charge is -2.35. The summed E-state index contributed by atoms with van der Waals surface area (Å²) in [6.45, 7) is 2.75. The maximum absolute atomic E-state index is 13.3. The number of nitrogens with zero attached hydrogens (tertiary/aromatic N) is 6. The van der Waals surface area contributed by atoms with E-state index in [2.05, 4.69) is 10.00 Å². The molecule has 0 bridgehead atoms. The molecular weight excluding hydrogens is 504 g/mol. The number of benzene rings is 2. The first kappa shape index (κ1) is 25.7. The fraction of sp³-hybridized carbons (Fsp3) is 0.321. The summed E-state index contributed by atoms with van der Waals surface area (Å²) < 4.78 is 1.78. The molecule has 10 heteroatoms. The Morgan fingerprint density at radius 1 is 0.974 bits per heavy atom. The Morgan fingerprint density at radius 3 is 2.42 bits per heavy atom. The summed E-state index contributed by atoms with van der Waals surface area (Å²) in [5, 5.41) is 13.9. The average Bonchev–Trinajstić information content (AvgIpc) is 3.36. The lowest BCUT2D eigenvalue weighted by molar-refractivity contribution is -0.137. The number of carbonyl (C=O) groups is 2. The number of carboxylic acids is 1. The molecule has 0 radical (unpaired) electrons. The van der Waals surface area contributed by atoms with Crippen LogP contribution in [-0.4, -0.2) is 67.8 Å². The van der Waals surface area contributed by atoms with Crippen LogP contribution in [0.5, 0.6) is 0 Å². The molecule has 1 aliphatic rings. The molecule has 1 amide bonds. The van der Waals surface area contributed by atoms with E-state index in [9.17, 15) is 9.59 Å². The third-order valence-electron chi connectivity index (χ3n) is 6.78. The first-order valence-electron chi connectivity index (χ1n) is 12.7. The van der Waals surface area contributed by atoms with E-state index in [4.69, 9.17) is 26.7 Å². The molecule has 0 aliphatic carbocycles. The van der Waals surface area contributed by atoms with Crippen molar-refractivity contribution in [1.82, 2.24) is 24.6 Å². The lowest BCUT2D eigenvalue weighted by Crippen LogP contribution is -2.48. The zero-order valence-corrected chi connectivity index (χ0v) is 21.9. The summed E-state index contributed by atoms with van der Waals surface area (Å²) in [5.74, 6) is -0.832. The van der Waals surface area contributed by atoms with Crippen LogP contribution in [0.25, 0.3) is 22.3 Å². The Morgan fingerprint density at radius 2 is 1.74 bits per heavy atom. The van der Waals surface area contributed by atoms with E-state index in [0.29, 0.717) is 54.0 Å². The number of unbranched alkanes of at least 4 members (excludes halogenated alkanes) is 1. The number of aliphatic carboxylic acids is 1. The highest BCUT2D eigenvalue weighted by molar-refractivity contribution is 6.30. The molecule has 9 nitrogen and oxygen atoms in total. The van der Waals surface area contributed by atoms with Gasteiger partial charge in [-0.15, -0.1) is 0 Å². The summed E-state index contributed by atoms with van der Waals surface area (Å²) in [5.41, 5.74) is 5.40. The maximum atomic E-state index is 13.3. The molecule has 196 valence electrons. The quantitative estimate of drug-likeness (QED) is 0.334. The molecule has 38 heavy (non-hydrogen) atoms. The number of rotatable bonds is 8. The van der Waals surface area contributed by atoms with E-state index in [0.717, 1.165) is 35.7 Å². The standard InChI is InChI=1S/C28H29ClN6O3/c1-33-18-22(17-30-33)34-12-14-35(15-13-34)28(38)20-8-11-23-25(16-20)31-24(4-2-3-5-26(36)37)27(32-23)19-6-9-21(29)10-7-19/h6-11,16-18H,2-5,12-15H2,1H3,(H,36,37). The monoisotopic (exact) mass is 532 g/mol. The first-order valence-corrected chi connectivity index (χ1v) is 13.1. The third kappa shape index (κ3) is 5.78. The number of fused-ring (bicyclic) bond motifs is 1. The molecule has 3 heterocycles.